The quantitative estimate of drug-likeness (QED) is 0.645. The summed E-state index contributed by atoms with van der Waals surface area (Å²) in [5.41, 5.74) is 1.60. The first-order chi connectivity index (χ1) is 9.47. The van der Waals surface area contributed by atoms with Gasteiger partial charge >= 0.3 is 0 Å². The molecule has 6 heteroatoms. The van der Waals surface area contributed by atoms with E-state index in [4.69, 9.17) is 11.6 Å². The number of nitro groups is 1. The molecular formula is C14H15ClN2O2S. The lowest BCUT2D eigenvalue weighted by Gasteiger charge is -2.16. The Morgan fingerprint density at radius 3 is 2.85 bits per heavy atom. The number of hydrogen-bond acceptors (Lipinski definition) is 4. The van der Waals surface area contributed by atoms with Gasteiger partial charge in [0, 0.05) is 29.1 Å². The molecule has 20 heavy (non-hydrogen) atoms. The van der Waals surface area contributed by atoms with Crippen LogP contribution in [0.2, 0.25) is 5.02 Å². The van der Waals surface area contributed by atoms with Crippen LogP contribution in [0.4, 0.5) is 11.4 Å². The largest absolute Gasteiger partial charge is 0.382 e. The predicted molar refractivity (Wildman–Crippen MR) is 84.0 cm³/mol. The second-order valence-electron chi connectivity index (χ2n) is 4.70. The minimum atomic E-state index is -0.464. The topological polar surface area (TPSA) is 55.2 Å². The van der Waals surface area contributed by atoms with E-state index in [-0.39, 0.29) is 16.8 Å². The number of thiophene rings is 1. The number of benzene rings is 1. The minimum absolute atomic E-state index is 0.0550. The van der Waals surface area contributed by atoms with Gasteiger partial charge in [0.15, 0.2) is 0 Å². The Morgan fingerprint density at radius 2 is 2.25 bits per heavy atom. The Balaban J connectivity index is 2.13. The molecule has 0 bridgehead atoms. The molecule has 1 unspecified atom stereocenters. The first-order valence-electron chi connectivity index (χ1n) is 6.21. The van der Waals surface area contributed by atoms with Crippen molar-refractivity contribution in [3.63, 3.8) is 0 Å². The minimum Gasteiger partial charge on any atom is -0.382 e. The molecular weight excluding hydrogens is 296 g/mol. The van der Waals surface area contributed by atoms with Crippen molar-refractivity contribution in [2.75, 3.05) is 5.32 Å². The van der Waals surface area contributed by atoms with Gasteiger partial charge in [0.2, 0.25) is 0 Å². The zero-order valence-corrected chi connectivity index (χ0v) is 12.8. The number of hydrogen-bond donors (Lipinski definition) is 1. The summed E-state index contributed by atoms with van der Waals surface area (Å²) in [6.07, 6.45) is 0.908. The lowest BCUT2D eigenvalue weighted by atomic mass is 10.1. The summed E-state index contributed by atoms with van der Waals surface area (Å²) in [7, 11) is 0. The maximum absolute atomic E-state index is 10.8. The Kier molecular flexibility index (Phi) is 4.62. The van der Waals surface area contributed by atoms with E-state index in [9.17, 15) is 10.1 Å². The molecule has 1 aromatic carbocycles. The smallest absolute Gasteiger partial charge is 0.288 e. The summed E-state index contributed by atoms with van der Waals surface area (Å²) in [4.78, 5) is 11.7. The van der Waals surface area contributed by atoms with Gasteiger partial charge in [-0.1, -0.05) is 17.7 Å². The third-order valence-electron chi connectivity index (χ3n) is 2.98. The van der Waals surface area contributed by atoms with Crippen molar-refractivity contribution < 1.29 is 4.92 Å². The van der Waals surface area contributed by atoms with Crippen LogP contribution in [-0.4, -0.2) is 11.0 Å². The zero-order chi connectivity index (χ0) is 14.7. The van der Waals surface area contributed by atoms with Crippen LogP contribution in [0.1, 0.15) is 17.4 Å². The van der Waals surface area contributed by atoms with Crippen molar-refractivity contribution >= 4 is 34.3 Å². The molecule has 0 spiro atoms. The maximum atomic E-state index is 10.8. The van der Waals surface area contributed by atoms with Crippen LogP contribution in [0.5, 0.6) is 0 Å². The fourth-order valence-corrected chi connectivity index (χ4v) is 3.08. The predicted octanol–water partition coefficient (Wildman–Crippen LogP) is 4.66. The van der Waals surface area contributed by atoms with Gasteiger partial charge in [0.1, 0.15) is 5.02 Å². The van der Waals surface area contributed by atoms with Gasteiger partial charge in [-0.05, 0) is 36.9 Å². The van der Waals surface area contributed by atoms with Gasteiger partial charge in [0.05, 0.1) is 4.92 Å². The van der Waals surface area contributed by atoms with Crippen molar-refractivity contribution in [1.82, 2.24) is 0 Å². The van der Waals surface area contributed by atoms with Crippen molar-refractivity contribution in [2.45, 2.75) is 26.3 Å². The molecule has 1 N–H and O–H groups in total. The van der Waals surface area contributed by atoms with Crippen molar-refractivity contribution in [2.24, 2.45) is 0 Å². The highest BCUT2D eigenvalue weighted by atomic mass is 35.5. The number of anilines is 1. The lowest BCUT2D eigenvalue weighted by molar-refractivity contribution is -0.384. The first-order valence-corrected chi connectivity index (χ1v) is 7.46. The molecule has 1 atom stereocenters. The van der Waals surface area contributed by atoms with E-state index >= 15 is 0 Å². The van der Waals surface area contributed by atoms with Crippen LogP contribution in [0, 0.1) is 17.0 Å². The number of rotatable bonds is 5. The Bertz CT molecular complexity index is 614. The molecule has 0 saturated heterocycles. The van der Waals surface area contributed by atoms with E-state index in [0.717, 1.165) is 17.7 Å². The number of aryl methyl sites for hydroxylation is 1. The van der Waals surface area contributed by atoms with Crippen LogP contribution < -0.4 is 5.32 Å². The van der Waals surface area contributed by atoms with Gasteiger partial charge in [-0.2, -0.15) is 0 Å². The average molecular weight is 311 g/mol. The summed E-state index contributed by atoms with van der Waals surface area (Å²) < 4.78 is 0. The highest BCUT2D eigenvalue weighted by molar-refractivity contribution is 7.09. The van der Waals surface area contributed by atoms with E-state index in [2.05, 4.69) is 23.7 Å². The number of nitro benzene ring substituents is 1. The van der Waals surface area contributed by atoms with Gasteiger partial charge in [-0.3, -0.25) is 10.1 Å². The summed E-state index contributed by atoms with van der Waals surface area (Å²) in [6, 6.07) is 7.48. The molecule has 4 nitrogen and oxygen atoms in total. The number of nitrogens with one attached hydrogen (secondary N) is 1. The standard InChI is InChI=1S/C14H15ClN2O2S/c1-9-6-14(17(18)19)12(15)8-13(9)16-10(2)7-11-4-3-5-20-11/h3-6,8,10,16H,7H2,1-2H3. The van der Waals surface area contributed by atoms with Crippen LogP contribution in [0.3, 0.4) is 0 Å². The fourth-order valence-electron chi connectivity index (χ4n) is 2.01. The average Bonchev–Trinajstić information content (AvgIpc) is 2.85. The first kappa shape index (κ1) is 14.8. The molecule has 0 fully saturated rings. The van der Waals surface area contributed by atoms with E-state index in [1.807, 2.05) is 13.0 Å². The summed E-state index contributed by atoms with van der Waals surface area (Å²) >= 11 is 7.66. The van der Waals surface area contributed by atoms with Gasteiger partial charge in [-0.25, -0.2) is 0 Å². The molecule has 2 rings (SSSR count). The molecule has 1 aromatic heterocycles. The lowest BCUT2D eigenvalue weighted by Crippen LogP contribution is -2.18. The molecule has 106 valence electrons. The van der Waals surface area contributed by atoms with Crippen LogP contribution >= 0.6 is 22.9 Å². The molecule has 0 aliphatic heterocycles. The van der Waals surface area contributed by atoms with E-state index in [0.29, 0.717) is 0 Å². The van der Waals surface area contributed by atoms with Crippen molar-refractivity contribution in [3.8, 4) is 0 Å². The molecule has 0 amide bonds. The fraction of sp³-hybridized carbons (Fsp3) is 0.286. The zero-order valence-electron chi connectivity index (χ0n) is 11.2. The maximum Gasteiger partial charge on any atom is 0.288 e. The Hall–Kier alpha value is -1.59. The van der Waals surface area contributed by atoms with E-state index in [1.54, 1.807) is 17.4 Å². The van der Waals surface area contributed by atoms with Gasteiger partial charge < -0.3 is 5.32 Å². The molecule has 2 aromatic rings. The Labute approximate surface area is 126 Å². The molecule has 0 radical (unpaired) electrons. The van der Waals surface area contributed by atoms with Gasteiger partial charge in [-0.15, -0.1) is 11.3 Å². The third kappa shape index (κ3) is 3.49. The monoisotopic (exact) mass is 310 g/mol. The Morgan fingerprint density at radius 1 is 1.50 bits per heavy atom. The highest BCUT2D eigenvalue weighted by Crippen LogP contribution is 2.31. The SMILES string of the molecule is Cc1cc([N+](=O)[O-])c(Cl)cc1NC(C)Cc1cccs1. The summed E-state index contributed by atoms with van der Waals surface area (Å²) in [6.45, 7) is 3.91. The number of nitrogens with zero attached hydrogens (tertiary/aromatic N) is 1. The normalized spacial score (nSPS) is 12.2. The molecule has 1 heterocycles. The van der Waals surface area contributed by atoms with Crippen LogP contribution in [0.25, 0.3) is 0 Å². The summed E-state index contributed by atoms with van der Waals surface area (Å²) in [5, 5.41) is 16.4. The van der Waals surface area contributed by atoms with E-state index < -0.39 is 4.92 Å². The van der Waals surface area contributed by atoms with Crippen LogP contribution in [0.15, 0.2) is 29.6 Å². The molecule has 0 saturated carbocycles. The molecule has 0 aliphatic carbocycles. The van der Waals surface area contributed by atoms with Gasteiger partial charge in [0.25, 0.3) is 5.69 Å². The van der Waals surface area contributed by atoms with Crippen molar-refractivity contribution in [1.29, 1.82) is 0 Å². The van der Waals surface area contributed by atoms with E-state index in [1.165, 1.54) is 10.9 Å². The summed E-state index contributed by atoms with van der Waals surface area (Å²) in [5.74, 6) is 0. The second-order valence-corrected chi connectivity index (χ2v) is 6.14. The highest BCUT2D eigenvalue weighted by Gasteiger charge is 2.16. The van der Waals surface area contributed by atoms with Crippen LogP contribution in [-0.2, 0) is 6.42 Å². The third-order valence-corrected chi connectivity index (χ3v) is 4.18. The van der Waals surface area contributed by atoms with Crippen molar-refractivity contribution in [3.05, 3.63) is 55.2 Å². The number of halogens is 1. The second kappa shape index (κ2) is 6.24. The molecule has 0 aliphatic rings.